The third-order valence-corrected chi connectivity index (χ3v) is 4.90. The maximum atomic E-state index is 13.4. The lowest BCUT2D eigenvalue weighted by molar-refractivity contribution is 0.0984. The molecule has 0 radical (unpaired) electrons. The van der Waals surface area contributed by atoms with Crippen molar-refractivity contribution in [1.29, 1.82) is 0 Å². The van der Waals surface area contributed by atoms with Gasteiger partial charge in [0.2, 0.25) is 0 Å². The quantitative estimate of drug-likeness (QED) is 0.481. The first-order valence-corrected chi connectivity index (χ1v) is 9.74. The van der Waals surface area contributed by atoms with E-state index in [0.717, 1.165) is 11.4 Å². The maximum Gasteiger partial charge on any atom is 0.258 e. The number of amides is 1. The molecule has 0 unspecified atom stereocenters. The van der Waals surface area contributed by atoms with E-state index in [-0.39, 0.29) is 12.5 Å². The normalized spacial score (nSPS) is 10.9. The molecule has 1 amide bonds. The molecule has 0 aliphatic carbocycles. The lowest BCUT2D eigenvalue weighted by atomic mass is 10.1. The Hall–Kier alpha value is -3.45. The van der Waals surface area contributed by atoms with Gasteiger partial charge in [0.15, 0.2) is 5.82 Å². The van der Waals surface area contributed by atoms with Crippen molar-refractivity contribution in [1.82, 2.24) is 19.6 Å². The summed E-state index contributed by atoms with van der Waals surface area (Å²) < 4.78 is 6.86. The molecule has 30 heavy (non-hydrogen) atoms. The van der Waals surface area contributed by atoms with Crippen LogP contribution in [0.25, 0.3) is 5.78 Å². The standard InChI is InChI=1S/C22H20ClN5O2/c1-14-11-15(2)28-22(24-14)25-20(26-28)13-27(18-6-4-5-17(23)12-18)21(29)16-7-9-19(30-3)10-8-16/h4-12H,13H2,1-3H3. The average molecular weight is 422 g/mol. The number of ether oxygens (including phenoxy) is 1. The van der Waals surface area contributed by atoms with Gasteiger partial charge in [0.25, 0.3) is 11.7 Å². The second kappa shape index (κ2) is 8.12. The average Bonchev–Trinajstić information content (AvgIpc) is 3.14. The number of carbonyl (C=O) groups is 1. The fourth-order valence-corrected chi connectivity index (χ4v) is 3.41. The van der Waals surface area contributed by atoms with Gasteiger partial charge in [-0.25, -0.2) is 9.50 Å². The van der Waals surface area contributed by atoms with Gasteiger partial charge in [-0.15, -0.1) is 5.10 Å². The summed E-state index contributed by atoms with van der Waals surface area (Å²) in [5.41, 5.74) is 2.96. The molecule has 0 aliphatic rings. The Morgan fingerprint density at radius 2 is 1.87 bits per heavy atom. The van der Waals surface area contributed by atoms with Crippen LogP contribution >= 0.6 is 11.6 Å². The van der Waals surface area contributed by atoms with E-state index in [1.807, 2.05) is 26.0 Å². The van der Waals surface area contributed by atoms with Crippen LogP contribution in [0.3, 0.4) is 0 Å². The van der Waals surface area contributed by atoms with Gasteiger partial charge in [-0.1, -0.05) is 17.7 Å². The summed E-state index contributed by atoms with van der Waals surface area (Å²) in [6.07, 6.45) is 0. The van der Waals surface area contributed by atoms with Crippen LogP contribution < -0.4 is 9.64 Å². The van der Waals surface area contributed by atoms with Crippen LogP contribution in [0.1, 0.15) is 27.6 Å². The molecule has 0 N–H and O–H groups in total. The van der Waals surface area contributed by atoms with Crippen molar-refractivity contribution < 1.29 is 9.53 Å². The monoisotopic (exact) mass is 421 g/mol. The zero-order valence-corrected chi connectivity index (χ0v) is 17.6. The minimum atomic E-state index is -0.195. The van der Waals surface area contributed by atoms with Crippen molar-refractivity contribution in [3.63, 3.8) is 0 Å². The zero-order chi connectivity index (χ0) is 21.3. The third kappa shape index (κ3) is 3.97. The van der Waals surface area contributed by atoms with Gasteiger partial charge in [0.05, 0.1) is 13.7 Å². The first-order chi connectivity index (χ1) is 14.4. The highest BCUT2D eigenvalue weighted by atomic mass is 35.5. The van der Waals surface area contributed by atoms with Gasteiger partial charge in [-0.3, -0.25) is 4.79 Å². The summed E-state index contributed by atoms with van der Waals surface area (Å²) in [7, 11) is 1.59. The van der Waals surface area contributed by atoms with Crippen LogP contribution in [-0.4, -0.2) is 32.6 Å². The second-order valence-electron chi connectivity index (χ2n) is 6.88. The van der Waals surface area contributed by atoms with E-state index in [1.54, 1.807) is 59.0 Å². The molecule has 0 saturated heterocycles. The highest BCUT2D eigenvalue weighted by Crippen LogP contribution is 2.24. The number of fused-ring (bicyclic) bond motifs is 1. The third-order valence-electron chi connectivity index (χ3n) is 4.66. The van der Waals surface area contributed by atoms with Crippen molar-refractivity contribution >= 4 is 29.0 Å². The van der Waals surface area contributed by atoms with Crippen LogP contribution in [-0.2, 0) is 6.54 Å². The van der Waals surface area contributed by atoms with Crippen LogP contribution in [0, 0.1) is 13.8 Å². The van der Waals surface area contributed by atoms with E-state index in [4.69, 9.17) is 16.3 Å². The number of hydrogen-bond acceptors (Lipinski definition) is 5. The molecule has 2 aromatic carbocycles. The van der Waals surface area contributed by atoms with Crippen molar-refractivity contribution in [2.24, 2.45) is 0 Å². The molecule has 2 aromatic heterocycles. The van der Waals surface area contributed by atoms with Crippen LogP contribution in [0.2, 0.25) is 5.02 Å². The summed E-state index contributed by atoms with van der Waals surface area (Å²) in [5, 5.41) is 5.08. The number of aromatic nitrogens is 4. The highest BCUT2D eigenvalue weighted by molar-refractivity contribution is 6.31. The van der Waals surface area contributed by atoms with E-state index in [9.17, 15) is 4.79 Å². The van der Waals surface area contributed by atoms with Gasteiger partial charge >= 0.3 is 0 Å². The predicted octanol–water partition coefficient (Wildman–Crippen LogP) is 4.25. The van der Waals surface area contributed by atoms with Gasteiger partial charge in [0, 0.05) is 27.7 Å². The Kier molecular flexibility index (Phi) is 5.37. The van der Waals surface area contributed by atoms with Crippen molar-refractivity contribution in [2.45, 2.75) is 20.4 Å². The highest BCUT2D eigenvalue weighted by Gasteiger charge is 2.21. The Morgan fingerprint density at radius 1 is 1.10 bits per heavy atom. The topological polar surface area (TPSA) is 72.6 Å². The Balaban J connectivity index is 1.73. The number of nitrogens with zero attached hydrogens (tertiary/aromatic N) is 5. The molecule has 2 heterocycles. The summed E-state index contributed by atoms with van der Waals surface area (Å²) in [5.74, 6) is 1.47. The van der Waals surface area contributed by atoms with E-state index in [2.05, 4.69) is 15.1 Å². The van der Waals surface area contributed by atoms with E-state index >= 15 is 0 Å². The first-order valence-electron chi connectivity index (χ1n) is 9.36. The van der Waals surface area contributed by atoms with Gasteiger partial charge in [-0.05, 0) is 62.4 Å². The zero-order valence-electron chi connectivity index (χ0n) is 16.8. The minimum Gasteiger partial charge on any atom is -0.497 e. The Labute approximate surface area is 178 Å². The molecular weight excluding hydrogens is 402 g/mol. The molecule has 7 nitrogen and oxygen atoms in total. The molecule has 4 rings (SSSR count). The van der Waals surface area contributed by atoms with E-state index in [1.165, 1.54) is 0 Å². The molecule has 0 spiro atoms. The van der Waals surface area contributed by atoms with E-state index < -0.39 is 0 Å². The lowest BCUT2D eigenvalue weighted by Crippen LogP contribution is -2.31. The SMILES string of the molecule is COc1ccc(C(=O)N(Cc2nc3nc(C)cc(C)n3n2)c2cccc(Cl)c2)cc1. The molecular formula is C22H20ClN5O2. The summed E-state index contributed by atoms with van der Waals surface area (Å²) in [6, 6.07) is 16.0. The summed E-state index contributed by atoms with van der Waals surface area (Å²) in [6.45, 7) is 4.03. The van der Waals surface area contributed by atoms with Gasteiger partial charge < -0.3 is 9.64 Å². The Bertz CT molecular complexity index is 1220. The maximum absolute atomic E-state index is 13.4. The number of benzene rings is 2. The smallest absolute Gasteiger partial charge is 0.258 e. The lowest BCUT2D eigenvalue weighted by Gasteiger charge is -2.22. The number of methoxy groups -OCH3 is 1. The number of halogens is 1. The van der Waals surface area contributed by atoms with Crippen molar-refractivity contribution in [3.8, 4) is 5.75 Å². The number of anilines is 1. The van der Waals surface area contributed by atoms with Gasteiger partial charge in [0.1, 0.15) is 5.75 Å². The molecule has 0 saturated carbocycles. The fraction of sp³-hybridized carbons (Fsp3) is 0.182. The van der Waals surface area contributed by atoms with E-state index in [0.29, 0.717) is 33.6 Å². The first kappa shape index (κ1) is 19.8. The molecule has 152 valence electrons. The van der Waals surface area contributed by atoms with Gasteiger partial charge in [-0.2, -0.15) is 4.98 Å². The molecule has 8 heteroatoms. The summed E-state index contributed by atoms with van der Waals surface area (Å²) in [4.78, 5) is 23.9. The van der Waals surface area contributed by atoms with Crippen molar-refractivity contribution in [3.05, 3.63) is 82.4 Å². The predicted molar refractivity (Wildman–Crippen MR) is 115 cm³/mol. The number of aryl methyl sites for hydroxylation is 2. The number of rotatable bonds is 5. The molecule has 4 aromatic rings. The van der Waals surface area contributed by atoms with Crippen molar-refractivity contribution in [2.75, 3.05) is 12.0 Å². The van der Waals surface area contributed by atoms with Crippen LogP contribution in [0.15, 0.2) is 54.6 Å². The fourth-order valence-electron chi connectivity index (χ4n) is 3.23. The largest absolute Gasteiger partial charge is 0.497 e. The molecule has 0 fully saturated rings. The number of hydrogen-bond donors (Lipinski definition) is 0. The molecule has 0 aliphatic heterocycles. The second-order valence-corrected chi connectivity index (χ2v) is 7.31. The summed E-state index contributed by atoms with van der Waals surface area (Å²) >= 11 is 6.18. The molecule has 0 atom stereocenters. The Morgan fingerprint density at radius 3 is 2.57 bits per heavy atom. The van der Waals surface area contributed by atoms with Crippen LogP contribution in [0.4, 0.5) is 5.69 Å². The minimum absolute atomic E-state index is 0.174. The molecule has 0 bridgehead atoms. The number of carbonyl (C=O) groups excluding carboxylic acids is 1. The van der Waals surface area contributed by atoms with Crippen LogP contribution in [0.5, 0.6) is 5.75 Å².